The molecule has 2 amide bonds. The summed E-state index contributed by atoms with van der Waals surface area (Å²) in [7, 11) is 3.30. The first-order valence-corrected chi connectivity index (χ1v) is 15.0. The molecular formula is C35H37N3O3S. The minimum Gasteiger partial charge on any atom is -0.496 e. The Kier molecular flexibility index (Phi) is 9.18. The molecule has 1 atom stereocenters. The average molecular weight is 580 g/mol. The highest BCUT2D eigenvalue weighted by Gasteiger charge is 2.28. The van der Waals surface area contributed by atoms with Crippen LogP contribution in [0.5, 0.6) is 5.75 Å². The number of amides is 2. The summed E-state index contributed by atoms with van der Waals surface area (Å²) in [5.74, 6) is 1.24. The number of likely N-dealkylation sites (tertiary alicyclic amines) is 1. The largest absolute Gasteiger partial charge is 0.496 e. The maximum atomic E-state index is 13.2. The first-order chi connectivity index (χ1) is 20.3. The van der Waals surface area contributed by atoms with Gasteiger partial charge in [0.1, 0.15) is 5.75 Å². The zero-order valence-corrected chi connectivity index (χ0v) is 25.4. The number of nitrogens with one attached hydrogen (secondary N) is 2. The van der Waals surface area contributed by atoms with E-state index in [1.165, 1.54) is 17.5 Å². The van der Waals surface area contributed by atoms with Gasteiger partial charge in [0.25, 0.3) is 11.8 Å². The van der Waals surface area contributed by atoms with E-state index in [9.17, 15) is 9.59 Å². The fraction of sp³-hybridized carbons (Fsp3) is 0.257. The van der Waals surface area contributed by atoms with E-state index >= 15 is 0 Å². The number of carbonyl (C=O) groups is 2. The van der Waals surface area contributed by atoms with Crippen LogP contribution in [0.4, 0.5) is 5.69 Å². The van der Waals surface area contributed by atoms with Gasteiger partial charge in [-0.2, -0.15) is 0 Å². The summed E-state index contributed by atoms with van der Waals surface area (Å²) in [5, 5.41) is 2.68. The molecule has 7 heteroatoms. The highest BCUT2D eigenvalue weighted by Crippen LogP contribution is 2.35. The van der Waals surface area contributed by atoms with Gasteiger partial charge in [-0.25, -0.2) is 0 Å². The smallest absolute Gasteiger partial charge is 0.254 e. The first kappa shape index (κ1) is 29.3. The van der Waals surface area contributed by atoms with E-state index in [1.807, 2.05) is 67.3 Å². The Labute approximate surface area is 252 Å². The molecule has 0 spiro atoms. The van der Waals surface area contributed by atoms with Crippen molar-refractivity contribution < 1.29 is 14.3 Å². The van der Waals surface area contributed by atoms with Crippen molar-refractivity contribution in [2.45, 2.75) is 31.6 Å². The predicted octanol–water partition coefficient (Wildman–Crippen LogP) is 7.16. The zero-order valence-electron chi connectivity index (χ0n) is 24.6. The van der Waals surface area contributed by atoms with Crippen LogP contribution in [0.3, 0.4) is 0 Å². The van der Waals surface area contributed by atoms with Gasteiger partial charge in [-0.3, -0.25) is 9.59 Å². The maximum Gasteiger partial charge on any atom is 0.254 e. The second-order valence-corrected chi connectivity index (χ2v) is 11.7. The Morgan fingerprint density at radius 1 is 0.952 bits per heavy atom. The number of anilines is 1. The van der Waals surface area contributed by atoms with Crippen LogP contribution in [0.1, 0.15) is 43.8 Å². The van der Waals surface area contributed by atoms with Crippen LogP contribution in [0, 0.1) is 19.8 Å². The molecule has 1 unspecified atom stereocenters. The first-order valence-electron chi connectivity index (χ1n) is 14.2. The molecule has 2 N–H and O–H groups in total. The minimum absolute atomic E-state index is 0.111. The standard InChI is InChI=1S/C35H37N3O3S/c1-23-11-12-24(2)31(17-23)35(40)38-16-15-26(22-38)18-25-7-5-10-30(19-25)37-42-33-21-28(13-14-32(33)41-4)27-8-6-9-29(20-27)34(39)36-3/h5-14,17,19-21,26,37H,15-16,18,22H2,1-4H3,(H,36,39). The van der Waals surface area contributed by atoms with Crippen molar-refractivity contribution in [3.8, 4) is 16.9 Å². The number of rotatable bonds is 9. The second kappa shape index (κ2) is 13.2. The van der Waals surface area contributed by atoms with Gasteiger partial charge in [0.2, 0.25) is 0 Å². The van der Waals surface area contributed by atoms with Gasteiger partial charge < -0.3 is 19.7 Å². The molecule has 1 fully saturated rings. The van der Waals surface area contributed by atoms with Crippen molar-refractivity contribution in [2.24, 2.45) is 5.92 Å². The summed E-state index contributed by atoms with van der Waals surface area (Å²) in [4.78, 5) is 28.3. The summed E-state index contributed by atoms with van der Waals surface area (Å²) in [6.45, 7) is 5.62. The number of hydrogen-bond donors (Lipinski definition) is 2. The van der Waals surface area contributed by atoms with Gasteiger partial charge in [-0.1, -0.05) is 48.0 Å². The molecule has 6 nitrogen and oxygen atoms in total. The number of benzene rings is 4. The van der Waals surface area contributed by atoms with Crippen molar-refractivity contribution in [3.05, 3.63) is 113 Å². The van der Waals surface area contributed by atoms with Crippen LogP contribution in [0.15, 0.2) is 89.8 Å². The van der Waals surface area contributed by atoms with E-state index in [-0.39, 0.29) is 11.8 Å². The normalized spacial score (nSPS) is 14.5. The summed E-state index contributed by atoms with van der Waals surface area (Å²) >= 11 is 1.50. The lowest BCUT2D eigenvalue weighted by atomic mass is 9.98. The summed E-state index contributed by atoms with van der Waals surface area (Å²) in [6, 6.07) is 28.2. The molecule has 0 aromatic heterocycles. The van der Waals surface area contributed by atoms with Crippen LogP contribution < -0.4 is 14.8 Å². The Hall–Kier alpha value is -4.23. The number of hydrogen-bond acceptors (Lipinski definition) is 5. The molecule has 1 aliphatic rings. The highest BCUT2D eigenvalue weighted by atomic mass is 32.2. The van der Waals surface area contributed by atoms with Gasteiger partial charge in [-0.15, -0.1) is 0 Å². The molecule has 0 bridgehead atoms. The molecular weight excluding hydrogens is 542 g/mol. The lowest BCUT2D eigenvalue weighted by Crippen LogP contribution is -2.29. The van der Waals surface area contributed by atoms with Crippen molar-refractivity contribution in [3.63, 3.8) is 0 Å². The number of ether oxygens (including phenoxy) is 1. The lowest BCUT2D eigenvalue weighted by Gasteiger charge is -2.18. The van der Waals surface area contributed by atoms with E-state index in [1.54, 1.807) is 14.2 Å². The molecule has 1 saturated heterocycles. The van der Waals surface area contributed by atoms with Gasteiger partial charge in [0.15, 0.2) is 0 Å². The van der Waals surface area contributed by atoms with Crippen LogP contribution in [0.25, 0.3) is 11.1 Å². The Bertz CT molecular complexity index is 1600. The van der Waals surface area contributed by atoms with Crippen molar-refractivity contribution >= 4 is 29.4 Å². The highest BCUT2D eigenvalue weighted by molar-refractivity contribution is 8.00. The molecule has 4 aromatic carbocycles. The summed E-state index contributed by atoms with van der Waals surface area (Å²) in [6.07, 6.45) is 1.94. The SMILES string of the molecule is CNC(=O)c1cccc(-c2ccc(OC)c(SNc3cccc(CC4CCN(C(=O)c5cc(C)ccc5C)C4)c3)c2)c1. The van der Waals surface area contributed by atoms with Gasteiger partial charge in [0, 0.05) is 37.0 Å². The molecule has 1 aliphatic heterocycles. The van der Waals surface area contributed by atoms with Crippen LogP contribution in [-0.4, -0.2) is 44.0 Å². The zero-order chi connectivity index (χ0) is 29.6. The third kappa shape index (κ3) is 6.80. The molecule has 216 valence electrons. The Morgan fingerprint density at radius 3 is 2.57 bits per heavy atom. The topological polar surface area (TPSA) is 70.7 Å². The van der Waals surface area contributed by atoms with E-state index in [2.05, 4.69) is 46.4 Å². The number of carbonyl (C=O) groups excluding carboxylic acids is 2. The van der Waals surface area contributed by atoms with Crippen molar-refractivity contribution in [1.82, 2.24) is 10.2 Å². The van der Waals surface area contributed by atoms with Crippen LogP contribution in [-0.2, 0) is 6.42 Å². The van der Waals surface area contributed by atoms with E-state index in [0.717, 1.165) is 70.1 Å². The maximum absolute atomic E-state index is 13.2. The minimum atomic E-state index is -0.111. The second-order valence-electron chi connectivity index (χ2n) is 10.9. The molecule has 4 aromatic rings. The lowest BCUT2D eigenvalue weighted by molar-refractivity contribution is 0.0786. The van der Waals surface area contributed by atoms with Gasteiger partial charge in [-0.05, 0) is 109 Å². The van der Waals surface area contributed by atoms with E-state index < -0.39 is 0 Å². The van der Waals surface area contributed by atoms with Crippen molar-refractivity contribution in [1.29, 1.82) is 0 Å². The Morgan fingerprint density at radius 2 is 1.76 bits per heavy atom. The quantitative estimate of drug-likeness (QED) is 0.206. The number of aryl methyl sites for hydroxylation is 2. The third-order valence-corrected chi connectivity index (χ3v) is 8.65. The fourth-order valence-corrected chi connectivity index (χ4v) is 6.24. The molecule has 42 heavy (non-hydrogen) atoms. The average Bonchev–Trinajstić information content (AvgIpc) is 3.49. The predicted molar refractivity (Wildman–Crippen MR) is 171 cm³/mol. The molecule has 0 aliphatic carbocycles. The third-order valence-electron chi connectivity index (χ3n) is 7.78. The van der Waals surface area contributed by atoms with Gasteiger partial charge in [0.05, 0.1) is 12.0 Å². The van der Waals surface area contributed by atoms with Gasteiger partial charge >= 0.3 is 0 Å². The fourth-order valence-electron chi connectivity index (χ4n) is 5.45. The Balaban J connectivity index is 1.24. The number of methoxy groups -OCH3 is 1. The monoisotopic (exact) mass is 579 g/mol. The molecule has 0 saturated carbocycles. The molecule has 1 heterocycles. The molecule has 5 rings (SSSR count). The van der Waals surface area contributed by atoms with E-state index in [4.69, 9.17) is 4.74 Å². The van der Waals surface area contributed by atoms with Crippen LogP contribution >= 0.6 is 11.9 Å². The van der Waals surface area contributed by atoms with Crippen LogP contribution in [0.2, 0.25) is 0 Å². The van der Waals surface area contributed by atoms with E-state index in [0.29, 0.717) is 11.5 Å². The molecule has 0 radical (unpaired) electrons. The summed E-state index contributed by atoms with van der Waals surface area (Å²) < 4.78 is 9.12. The summed E-state index contributed by atoms with van der Waals surface area (Å²) in [5.41, 5.74) is 7.80. The number of nitrogens with zero attached hydrogens (tertiary/aromatic N) is 1. The van der Waals surface area contributed by atoms with Crippen molar-refractivity contribution in [2.75, 3.05) is 32.0 Å².